The van der Waals surface area contributed by atoms with Crippen molar-refractivity contribution in [3.05, 3.63) is 27.7 Å². The minimum absolute atomic E-state index is 0.0689. The molecule has 2 rings (SSSR count). The second-order valence-electron chi connectivity index (χ2n) is 3.93. The van der Waals surface area contributed by atoms with Crippen molar-refractivity contribution in [2.75, 3.05) is 5.32 Å². The van der Waals surface area contributed by atoms with Gasteiger partial charge in [-0.25, -0.2) is 9.97 Å². The standard InChI is InChI=1S/C11H13N3OS2/c1-7(2)9-4-12-11(17-9)14-10(15)3-8-5-16-6-13-8/h4-7H,3H2,1-2H3,(H,12,14,15). The van der Waals surface area contributed by atoms with Crippen molar-refractivity contribution in [1.82, 2.24) is 9.97 Å². The molecule has 0 atom stereocenters. The summed E-state index contributed by atoms with van der Waals surface area (Å²) in [6.45, 7) is 4.21. The van der Waals surface area contributed by atoms with Crippen LogP contribution in [0.2, 0.25) is 0 Å². The van der Waals surface area contributed by atoms with Crippen LogP contribution in [0.25, 0.3) is 0 Å². The van der Waals surface area contributed by atoms with Crippen molar-refractivity contribution in [1.29, 1.82) is 0 Å². The molecule has 6 heteroatoms. The van der Waals surface area contributed by atoms with Gasteiger partial charge in [-0.2, -0.15) is 0 Å². The predicted octanol–water partition coefficient (Wildman–Crippen LogP) is 2.90. The zero-order chi connectivity index (χ0) is 12.3. The van der Waals surface area contributed by atoms with Crippen LogP contribution in [-0.4, -0.2) is 15.9 Å². The molecule has 90 valence electrons. The van der Waals surface area contributed by atoms with Gasteiger partial charge in [-0.05, 0) is 5.92 Å². The van der Waals surface area contributed by atoms with Gasteiger partial charge in [0.2, 0.25) is 5.91 Å². The summed E-state index contributed by atoms with van der Waals surface area (Å²) < 4.78 is 0. The number of anilines is 1. The smallest absolute Gasteiger partial charge is 0.232 e. The van der Waals surface area contributed by atoms with Crippen LogP contribution in [-0.2, 0) is 11.2 Å². The lowest BCUT2D eigenvalue weighted by molar-refractivity contribution is -0.115. The summed E-state index contributed by atoms with van der Waals surface area (Å²) in [5, 5.41) is 5.33. The average molecular weight is 267 g/mol. The molecule has 1 amide bonds. The summed E-state index contributed by atoms with van der Waals surface area (Å²) in [7, 11) is 0. The quantitative estimate of drug-likeness (QED) is 0.926. The molecule has 0 saturated heterocycles. The van der Waals surface area contributed by atoms with E-state index in [4.69, 9.17) is 0 Å². The fourth-order valence-electron chi connectivity index (χ4n) is 1.26. The Hall–Kier alpha value is -1.27. The SMILES string of the molecule is CC(C)c1cnc(NC(=O)Cc2cscn2)s1. The lowest BCUT2D eigenvalue weighted by Crippen LogP contribution is -2.14. The summed E-state index contributed by atoms with van der Waals surface area (Å²) in [6.07, 6.45) is 2.12. The second kappa shape index (κ2) is 5.37. The fraction of sp³-hybridized carbons (Fsp3) is 0.364. The normalized spacial score (nSPS) is 10.8. The van der Waals surface area contributed by atoms with E-state index in [2.05, 4.69) is 29.1 Å². The Morgan fingerprint density at radius 2 is 2.29 bits per heavy atom. The second-order valence-corrected chi connectivity index (χ2v) is 5.71. The van der Waals surface area contributed by atoms with E-state index < -0.39 is 0 Å². The number of carbonyl (C=O) groups excluding carboxylic acids is 1. The molecular weight excluding hydrogens is 254 g/mol. The van der Waals surface area contributed by atoms with Crippen molar-refractivity contribution in [3.63, 3.8) is 0 Å². The minimum atomic E-state index is -0.0689. The molecule has 0 radical (unpaired) electrons. The van der Waals surface area contributed by atoms with Gasteiger partial charge >= 0.3 is 0 Å². The zero-order valence-corrected chi connectivity index (χ0v) is 11.3. The Morgan fingerprint density at radius 3 is 2.88 bits per heavy atom. The minimum Gasteiger partial charge on any atom is -0.302 e. The molecule has 0 bridgehead atoms. The lowest BCUT2D eigenvalue weighted by Gasteiger charge is -1.99. The first-order valence-corrected chi connectivity index (χ1v) is 7.03. The Morgan fingerprint density at radius 1 is 1.47 bits per heavy atom. The van der Waals surface area contributed by atoms with Crippen LogP contribution in [0.3, 0.4) is 0 Å². The number of amides is 1. The number of rotatable bonds is 4. The molecule has 0 aliphatic carbocycles. The van der Waals surface area contributed by atoms with E-state index in [0.29, 0.717) is 17.5 Å². The maximum atomic E-state index is 11.7. The van der Waals surface area contributed by atoms with Crippen molar-refractivity contribution < 1.29 is 4.79 Å². The molecule has 4 nitrogen and oxygen atoms in total. The van der Waals surface area contributed by atoms with Crippen molar-refractivity contribution in [2.45, 2.75) is 26.2 Å². The van der Waals surface area contributed by atoms with E-state index in [9.17, 15) is 4.79 Å². The fourth-order valence-corrected chi connectivity index (χ4v) is 2.66. The van der Waals surface area contributed by atoms with Gasteiger partial charge in [-0.15, -0.1) is 22.7 Å². The molecule has 0 fully saturated rings. The molecule has 0 aliphatic rings. The largest absolute Gasteiger partial charge is 0.302 e. The van der Waals surface area contributed by atoms with Gasteiger partial charge < -0.3 is 5.32 Å². The van der Waals surface area contributed by atoms with E-state index in [1.807, 2.05) is 11.6 Å². The van der Waals surface area contributed by atoms with E-state index >= 15 is 0 Å². The van der Waals surface area contributed by atoms with Gasteiger partial charge in [0.05, 0.1) is 17.6 Å². The number of carbonyl (C=O) groups is 1. The molecule has 0 saturated carbocycles. The maximum Gasteiger partial charge on any atom is 0.232 e. The number of nitrogens with zero attached hydrogens (tertiary/aromatic N) is 2. The van der Waals surface area contributed by atoms with E-state index in [1.165, 1.54) is 27.6 Å². The van der Waals surface area contributed by atoms with Gasteiger partial charge in [0, 0.05) is 16.5 Å². The van der Waals surface area contributed by atoms with Crippen LogP contribution >= 0.6 is 22.7 Å². The van der Waals surface area contributed by atoms with Gasteiger partial charge in [-0.3, -0.25) is 4.79 Å². The van der Waals surface area contributed by atoms with E-state index in [0.717, 1.165) is 5.69 Å². The van der Waals surface area contributed by atoms with Crippen molar-refractivity contribution in [3.8, 4) is 0 Å². The summed E-state index contributed by atoms with van der Waals surface area (Å²) in [5.41, 5.74) is 2.52. The molecule has 0 unspecified atom stereocenters. The Bertz CT molecular complexity index is 491. The van der Waals surface area contributed by atoms with Gasteiger partial charge in [-0.1, -0.05) is 13.8 Å². The predicted molar refractivity (Wildman–Crippen MR) is 70.7 cm³/mol. The molecule has 2 heterocycles. The van der Waals surface area contributed by atoms with Crippen LogP contribution < -0.4 is 5.32 Å². The van der Waals surface area contributed by atoms with Crippen LogP contribution in [0.4, 0.5) is 5.13 Å². The van der Waals surface area contributed by atoms with Crippen molar-refractivity contribution >= 4 is 33.7 Å². The van der Waals surface area contributed by atoms with Crippen LogP contribution in [0.1, 0.15) is 30.3 Å². The Kier molecular flexibility index (Phi) is 3.86. The summed E-state index contributed by atoms with van der Waals surface area (Å²) in [4.78, 5) is 21.1. The lowest BCUT2D eigenvalue weighted by atomic mass is 10.2. The topological polar surface area (TPSA) is 54.9 Å². The van der Waals surface area contributed by atoms with Gasteiger partial charge in [0.15, 0.2) is 5.13 Å². The first-order valence-electron chi connectivity index (χ1n) is 5.28. The number of hydrogen-bond donors (Lipinski definition) is 1. The van der Waals surface area contributed by atoms with Crippen molar-refractivity contribution in [2.24, 2.45) is 0 Å². The number of nitrogens with one attached hydrogen (secondary N) is 1. The molecule has 1 N–H and O–H groups in total. The molecule has 0 spiro atoms. The Labute approximate surface area is 108 Å². The number of hydrogen-bond acceptors (Lipinski definition) is 5. The third-order valence-electron chi connectivity index (χ3n) is 2.16. The number of aromatic nitrogens is 2. The summed E-state index contributed by atoms with van der Waals surface area (Å²) >= 11 is 3.01. The van der Waals surface area contributed by atoms with Crippen LogP contribution in [0.15, 0.2) is 17.1 Å². The van der Waals surface area contributed by atoms with Gasteiger partial charge in [0.1, 0.15) is 0 Å². The van der Waals surface area contributed by atoms with Crippen LogP contribution in [0, 0.1) is 0 Å². The highest BCUT2D eigenvalue weighted by molar-refractivity contribution is 7.15. The van der Waals surface area contributed by atoms with Gasteiger partial charge in [0.25, 0.3) is 0 Å². The monoisotopic (exact) mass is 267 g/mol. The molecule has 2 aromatic heterocycles. The summed E-state index contributed by atoms with van der Waals surface area (Å²) in [5.74, 6) is 0.372. The first-order chi connectivity index (χ1) is 8.15. The highest BCUT2D eigenvalue weighted by Crippen LogP contribution is 2.25. The molecule has 2 aromatic rings. The summed E-state index contributed by atoms with van der Waals surface area (Å²) in [6, 6.07) is 0. The van der Waals surface area contributed by atoms with Crippen LogP contribution in [0.5, 0.6) is 0 Å². The average Bonchev–Trinajstić information content (AvgIpc) is 2.88. The maximum absolute atomic E-state index is 11.7. The Balaban J connectivity index is 1.93. The molecule has 0 aliphatic heterocycles. The third kappa shape index (κ3) is 3.34. The molecule has 0 aromatic carbocycles. The van der Waals surface area contributed by atoms with E-state index in [-0.39, 0.29) is 5.91 Å². The zero-order valence-electron chi connectivity index (χ0n) is 9.64. The first kappa shape index (κ1) is 12.2. The van der Waals surface area contributed by atoms with E-state index in [1.54, 1.807) is 5.51 Å². The highest BCUT2D eigenvalue weighted by Gasteiger charge is 2.09. The third-order valence-corrected chi connectivity index (χ3v) is 4.01. The molecule has 17 heavy (non-hydrogen) atoms. The highest BCUT2D eigenvalue weighted by atomic mass is 32.1. The molecular formula is C11H13N3OS2. The number of thiazole rings is 2.